The molecule has 2 N–H and O–H groups in total. The van der Waals surface area contributed by atoms with Gasteiger partial charge in [-0.15, -0.1) is 0 Å². The van der Waals surface area contributed by atoms with Crippen LogP contribution in [0.15, 0.2) is 53.5 Å². The van der Waals surface area contributed by atoms with Crippen molar-refractivity contribution in [3.63, 3.8) is 0 Å². The smallest absolute Gasteiger partial charge is 0.320 e. The van der Waals surface area contributed by atoms with Gasteiger partial charge in [-0.3, -0.25) is 9.59 Å². The lowest BCUT2D eigenvalue weighted by molar-refractivity contribution is -0.136. The Hall–Kier alpha value is -3.09. The SMILES string of the molecule is Cn1cccc(NC(=O)NC2CCCN(Cc3ccccc3)C2=O)c1=O. The third-order valence-corrected chi connectivity index (χ3v) is 4.42. The summed E-state index contributed by atoms with van der Waals surface area (Å²) in [4.78, 5) is 38.6. The number of nitrogens with zero attached hydrogens (tertiary/aromatic N) is 2. The predicted molar refractivity (Wildman–Crippen MR) is 98.7 cm³/mol. The van der Waals surface area contributed by atoms with Gasteiger partial charge in [0.05, 0.1) is 0 Å². The average molecular weight is 354 g/mol. The van der Waals surface area contributed by atoms with E-state index < -0.39 is 12.1 Å². The van der Waals surface area contributed by atoms with Gasteiger partial charge in [-0.2, -0.15) is 0 Å². The van der Waals surface area contributed by atoms with E-state index in [4.69, 9.17) is 0 Å². The lowest BCUT2D eigenvalue weighted by Crippen LogP contribution is -2.53. The number of aromatic nitrogens is 1. The number of amides is 3. The summed E-state index contributed by atoms with van der Waals surface area (Å²) in [5.74, 6) is -0.101. The van der Waals surface area contributed by atoms with Gasteiger partial charge >= 0.3 is 6.03 Å². The zero-order chi connectivity index (χ0) is 18.5. The summed E-state index contributed by atoms with van der Waals surface area (Å²) in [6, 6.07) is 11.8. The monoisotopic (exact) mass is 354 g/mol. The minimum absolute atomic E-state index is 0.101. The Balaban J connectivity index is 1.61. The highest BCUT2D eigenvalue weighted by Gasteiger charge is 2.30. The number of anilines is 1. The van der Waals surface area contributed by atoms with Crippen molar-refractivity contribution >= 4 is 17.6 Å². The summed E-state index contributed by atoms with van der Waals surface area (Å²) in [6.45, 7) is 1.20. The maximum absolute atomic E-state index is 12.7. The number of urea groups is 1. The minimum Gasteiger partial charge on any atom is -0.337 e. The van der Waals surface area contributed by atoms with Crippen molar-refractivity contribution in [2.45, 2.75) is 25.4 Å². The van der Waals surface area contributed by atoms with Crippen LogP contribution in [0.25, 0.3) is 0 Å². The number of hydrogen-bond acceptors (Lipinski definition) is 3. The number of benzene rings is 1. The van der Waals surface area contributed by atoms with Crippen LogP contribution in [0.3, 0.4) is 0 Å². The molecule has 1 saturated heterocycles. The molecule has 0 aliphatic carbocycles. The Morgan fingerprint density at radius 1 is 1.15 bits per heavy atom. The van der Waals surface area contributed by atoms with Gasteiger partial charge in [0.15, 0.2) is 0 Å². The van der Waals surface area contributed by atoms with Gasteiger partial charge in [0.25, 0.3) is 5.56 Å². The van der Waals surface area contributed by atoms with Gasteiger partial charge in [0.2, 0.25) is 5.91 Å². The summed E-state index contributed by atoms with van der Waals surface area (Å²) in [7, 11) is 1.61. The summed E-state index contributed by atoms with van der Waals surface area (Å²) in [6.07, 6.45) is 3.01. The molecule has 0 bridgehead atoms. The zero-order valence-corrected chi connectivity index (χ0v) is 14.6. The standard InChI is InChI=1S/C19H22N4O3/c1-22-11-5-9-15(17(22)24)20-19(26)21-16-10-6-12-23(18(16)25)13-14-7-3-2-4-8-14/h2-5,7-9,11,16H,6,10,12-13H2,1H3,(H2,20,21,26). The fraction of sp³-hybridized carbons (Fsp3) is 0.316. The van der Waals surface area contributed by atoms with E-state index in [0.717, 1.165) is 12.0 Å². The second-order valence-corrected chi connectivity index (χ2v) is 6.38. The Labute approximate surface area is 151 Å². The fourth-order valence-corrected chi connectivity index (χ4v) is 3.04. The largest absolute Gasteiger partial charge is 0.337 e. The summed E-state index contributed by atoms with van der Waals surface area (Å²) in [5.41, 5.74) is 0.930. The van der Waals surface area contributed by atoms with Crippen molar-refractivity contribution in [3.05, 3.63) is 64.6 Å². The van der Waals surface area contributed by atoms with Crippen LogP contribution in [0.4, 0.5) is 10.5 Å². The molecule has 7 heteroatoms. The lowest BCUT2D eigenvalue weighted by atomic mass is 10.0. The molecular formula is C19H22N4O3. The van der Waals surface area contributed by atoms with Gasteiger partial charge in [0.1, 0.15) is 11.7 Å². The Bertz CT molecular complexity index is 847. The summed E-state index contributed by atoms with van der Waals surface area (Å²) < 4.78 is 1.38. The topological polar surface area (TPSA) is 83.4 Å². The van der Waals surface area contributed by atoms with Crippen molar-refractivity contribution in [3.8, 4) is 0 Å². The maximum atomic E-state index is 12.7. The van der Waals surface area contributed by atoms with Crippen LogP contribution >= 0.6 is 0 Å². The van der Waals surface area contributed by atoms with Gasteiger partial charge in [-0.05, 0) is 30.5 Å². The first kappa shape index (κ1) is 17.7. The average Bonchev–Trinajstić information content (AvgIpc) is 2.63. The van der Waals surface area contributed by atoms with Crippen molar-refractivity contribution in [1.29, 1.82) is 0 Å². The van der Waals surface area contributed by atoms with Crippen LogP contribution in [-0.2, 0) is 18.4 Å². The number of carbonyl (C=O) groups is 2. The molecule has 3 rings (SSSR count). The second kappa shape index (κ2) is 7.86. The molecule has 1 fully saturated rings. The molecule has 0 saturated carbocycles. The quantitative estimate of drug-likeness (QED) is 0.877. The predicted octanol–water partition coefficient (Wildman–Crippen LogP) is 1.70. The third kappa shape index (κ3) is 4.11. The second-order valence-electron chi connectivity index (χ2n) is 6.38. The molecule has 1 aromatic carbocycles. The van der Waals surface area contributed by atoms with Gasteiger partial charge in [-0.25, -0.2) is 4.79 Å². The molecule has 3 amide bonds. The molecule has 0 spiro atoms. The van der Waals surface area contributed by atoms with E-state index in [1.54, 1.807) is 24.2 Å². The Kier molecular flexibility index (Phi) is 5.36. The maximum Gasteiger partial charge on any atom is 0.320 e. The summed E-state index contributed by atoms with van der Waals surface area (Å²) >= 11 is 0. The number of nitrogens with one attached hydrogen (secondary N) is 2. The van der Waals surface area contributed by atoms with E-state index in [1.807, 2.05) is 30.3 Å². The Morgan fingerprint density at radius 3 is 2.69 bits per heavy atom. The molecule has 1 aliphatic rings. The molecule has 1 atom stereocenters. The molecule has 26 heavy (non-hydrogen) atoms. The van der Waals surface area contributed by atoms with E-state index in [0.29, 0.717) is 19.5 Å². The lowest BCUT2D eigenvalue weighted by Gasteiger charge is -2.32. The molecule has 136 valence electrons. The van der Waals surface area contributed by atoms with E-state index in [9.17, 15) is 14.4 Å². The minimum atomic E-state index is -0.583. The van der Waals surface area contributed by atoms with Gasteiger partial charge in [0, 0.05) is 26.3 Å². The van der Waals surface area contributed by atoms with Crippen LogP contribution in [0.2, 0.25) is 0 Å². The van der Waals surface area contributed by atoms with Crippen LogP contribution in [-0.4, -0.2) is 34.0 Å². The number of carbonyl (C=O) groups excluding carboxylic acids is 2. The number of aryl methyl sites for hydroxylation is 1. The molecular weight excluding hydrogens is 332 g/mol. The number of likely N-dealkylation sites (tertiary alicyclic amines) is 1. The Morgan fingerprint density at radius 2 is 1.92 bits per heavy atom. The van der Waals surface area contributed by atoms with Gasteiger partial charge < -0.3 is 20.1 Å². The molecule has 2 heterocycles. The molecule has 0 radical (unpaired) electrons. The van der Waals surface area contributed by atoms with Crippen LogP contribution < -0.4 is 16.2 Å². The molecule has 1 aliphatic heterocycles. The molecule has 1 unspecified atom stereocenters. The number of piperidine rings is 1. The highest BCUT2D eigenvalue weighted by atomic mass is 16.2. The number of pyridine rings is 1. The highest BCUT2D eigenvalue weighted by Crippen LogP contribution is 2.15. The molecule has 1 aromatic heterocycles. The van der Waals surface area contributed by atoms with E-state index in [1.165, 1.54) is 10.6 Å². The van der Waals surface area contributed by atoms with Gasteiger partial charge in [-0.1, -0.05) is 30.3 Å². The fourth-order valence-electron chi connectivity index (χ4n) is 3.04. The highest BCUT2D eigenvalue weighted by molar-refractivity contribution is 5.93. The van der Waals surface area contributed by atoms with E-state index in [-0.39, 0.29) is 17.2 Å². The number of hydrogen-bond donors (Lipinski definition) is 2. The number of rotatable bonds is 4. The summed E-state index contributed by atoms with van der Waals surface area (Å²) in [5, 5.41) is 5.22. The van der Waals surface area contributed by atoms with Crippen LogP contribution in [0.1, 0.15) is 18.4 Å². The van der Waals surface area contributed by atoms with Crippen molar-refractivity contribution in [1.82, 2.24) is 14.8 Å². The van der Waals surface area contributed by atoms with E-state index in [2.05, 4.69) is 10.6 Å². The van der Waals surface area contributed by atoms with E-state index >= 15 is 0 Å². The third-order valence-electron chi connectivity index (χ3n) is 4.42. The van der Waals surface area contributed by atoms with Crippen molar-refractivity contribution in [2.75, 3.05) is 11.9 Å². The molecule has 2 aromatic rings. The van der Waals surface area contributed by atoms with Crippen LogP contribution in [0, 0.1) is 0 Å². The van der Waals surface area contributed by atoms with Crippen molar-refractivity contribution < 1.29 is 9.59 Å². The normalized spacial score (nSPS) is 17.0. The first-order valence-electron chi connectivity index (χ1n) is 8.60. The zero-order valence-electron chi connectivity index (χ0n) is 14.6. The van der Waals surface area contributed by atoms with Crippen molar-refractivity contribution in [2.24, 2.45) is 7.05 Å². The first-order valence-corrected chi connectivity index (χ1v) is 8.60. The molecule has 7 nitrogen and oxygen atoms in total. The van der Waals surface area contributed by atoms with Crippen LogP contribution in [0.5, 0.6) is 0 Å². The first-order chi connectivity index (χ1) is 12.5.